The van der Waals surface area contributed by atoms with Crippen LogP contribution in [0, 0.1) is 6.92 Å². The third-order valence-corrected chi connectivity index (χ3v) is 6.02. The van der Waals surface area contributed by atoms with E-state index in [0.717, 1.165) is 24.0 Å². The maximum atomic E-state index is 13.6. The van der Waals surface area contributed by atoms with Gasteiger partial charge in [0, 0.05) is 13.2 Å². The molecular weight excluding hydrogens is 434 g/mol. The Hall–Kier alpha value is -3.32. The van der Waals surface area contributed by atoms with E-state index in [1.807, 2.05) is 38.1 Å². The molecule has 7 heteroatoms. The van der Waals surface area contributed by atoms with Crippen LogP contribution in [-0.2, 0) is 0 Å². The average molecular weight is 466 g/mol. The van der Waals surface area contributed by atoms with Crippen LogP contribution in [0.25, 0.3) is 11.0 Å². The Balaban J connectivity index is 1.86. The van der Waals surface area contributed by atoms with Crippen molar-refractivity contribution in [2.75, 3.05) is 26.4 Å². The summed E-state index contributed by atoms with van der Waals surface area (Å²) in [5, 5.41) is 9.87. The van der Waals surface area contributed by atoms with Crippen LogP contribution < -0.4 is 14.9 Å². The van der Waals surface area contributed by atoms with Crippen LogP contribution in [0.4, 0.5) is 0 Å². The average Bonchev–Trinajstić information content (AvgIpc) is 3.11. The second kappa shape index (κ2) is 10.3. The molecule has 0 bridgehead atoms. The van der Waals surface area contributed by atoms with E-state index in [1.165, 1.54) is 0 Å². The molecule has 1 aliphatic heterocycles. The second-order valence-corrected chi connectivity index (χ2v) is 8.49. The lowest BCUT2D eigenvalue weighted by Crippen LogP contribution is -2.31. The van der Waals surface area contributed by atoms with E-state index in [4.69, 9.17) is 13.9 Å². The molecule has 1 atom stereocenters. The topological polar surface area (TPSA) is 89.2 Å². The van der Waals surface area contributed by atoms with Crippen LogP contribution in [0.3, 0.4) is 0 Å². The Morgan fingerprint density at radius 1 is 1.03 bits per heavy atom. The highest BCUT2D eigenvalue weighted by Crippen LogP contribution is 2.41. The molecule has 180 valence electrons. The number of hydrogen-bond donors (Lipinski definition) is 1. The van der Waals surface area contributed by atoms with Gasteiger partial charge < -0.3 is 23.9 Å². The Bertz CT molecular complexity index is 1250. The first-order chi connectivity index (χ1) is 16.5. The van der Waals surface area contributed by atoms with E-state index in [1.54, 1.807) is 17.0 Å². The quantitative estimate of drug-likeness (QED) is 0.440. The zero-order valence-electron chi connectivity index (χ0n) is 19.9. The molecule has 7 nitrogen and oxygen atoms in total. The van der Waals surface area contributed by atoms with Crippen LogP contribution in [0.5, 0.6) is 11.5 Å². The summed E-state index contributed by atoms with van der Waals surface area (Å²) >= 11 is 0. The molecule has 1 N–H and O–H groups in total. The third-order valence-electron chi connectivity index (χ3n) is 6.02. The fourth-order valence-corrected chi connectivity index (χ4v) is 4.36. The Labute approximate surface area is 198 Å². The monoisotopic (exact) mass is 465 g/mol. The zero-order chi connectivity index (χ0) is 24.2. The first kappa shape index (κ1) is 23.8. The Morgan fingerprint density at radius 3 is 2.59 bits per heavy atom. The van der Waals surface area contributed by atoms with Gasteiger partial charge in [-0.2, -0.15) is 0 Å². The normalized spacial score (nSPS) is 15.1. The summed E-state index contributed by atoms with van der Waals surface area (Å²) in [6.45, 7) is 7.16. The van der Waals surface area contributed by atoms with Gasteiger partial charge >= 0.3 is 0 Å². The predicted molar refractivity (Wildman–Crippen MR) is 130 cm³/mol. The lowest BCUT2D eigenvalue weighted by Gasteiger charge is -2.25. The molecule has 0 radical (unpaired) electrons. The molecule has 0 spiro atoms. The van der Waals surface area contributed by atoms with Crippen LogP contribution in [0.15, 0.2) is 45.6 Å². The minimum Gasteiger partial charge on any atom is -0.490 e. The van der Waals surface area contributed by atoms with Crippen molar-refractivity contribution in [1.82, 2.24) is 4.90 Å². The number of amides is 1. The molecule has 4 rings (SSSR count). The zero-order valence-corrected chi connectivity index (χ0v) is 19.9. The van der Waals surface area contributed by atoms with E-state index in [0.29, 0.717) is 47.7 Å². The van der Waals surface area contributed by atoms with Crippen LogP contribution in [0.1, 0.15) is 66.4 Å². The van der Waals surface area contributed by atoms with Crippen molar-refractivity contribution in [2.45, 2.75) is 46.1 Å². The molecule has 1 unspecified atom stereocenters. The van der Waals surface area contributed by atoms with Gasteiger partial charge in [0.15, 0.2) is 16.9 Å². The Kier molecular flexibility index (Phi) is 7.22. The van der Waals surface area contributed by atoms with Crippen LogP contribution >= 0.6 is 0 Å². The van der Waals surface area contributed by atoms with E-state index in [-0.39, 0.29) is 30.2 Å². The number of carbonyl (C=O) groups is 1. The van der Waals surface area contributed by atoms with Crippen molar-refractivity contribution in [1.29, 1.82) is 0 Å². The maximum Gasteiger partial charge on any atom is 0.290 e. The molecule has 3 aromatic rings. The van der Waals surface area contributed by atoms with Gasteiger partial charge in [-0.15, -0.1) is 0 Å². The fourth-order valence-electron chi connectivity index (χ4n) is 4.36. The number of carbonyl (C=O) groups excluding carboxylic acids is 1. The first-order valence-corrected chi connectivity index (χ1v) is 11.9. The van der Waals surface area contributed by atoms with Crippen molar-refractivity contribution in [2.24, 2.45) is 0 Å². The van der Waals surface area contributed by atoms with E-state index in [2.05, 4.69) is 6.92 Å². The van der Waals surface area contributed by atoms with Gasteiger partial charge in [0.2, 0.25) is 5.76 Å². The van der Waals surface area contributed by atoms with E-state index in [9.17, 15) is 14.7 Å². The predicted octanol–water partition coefficient (Wildman–Crippen LogP) is 4.61. The highest BCUT2D eigenvalue weighted by atomic mass is 16.5. The summed E-state index contributed by atoms with van der Waals surface area (Å²) in [6, 6.07) is 10.3. The highest BCUT2D eigenvalue weighted by molar-refractivity contribution is 5.99. The minimum absolute atomic E-state index is 0.0607. The van der Waals surface area contributed by atoms with Gasteiger partial charge in [-0.25, -0.2) is 0 Å². The fraction of sp³-hybridized carbons (Fsp3) is 0.407. The number of hydrogen-bond acceptors (Lipinski definition) is 6. The van der Waals surface area contributed by atoms with Crippen molar-refractivity contribution in [3.05, 3.63) is 69.1 Å². The maximum absolute atomic E-state index is 13.6. The van der Waals surface area contributed by atoms with E-state index >= 15 is 0 Å². The number of benzene rings is 2. The summed E-state index contributed by atoms with van der Waals surface area (Å²) in [5.74, 6) is 0.909. The number of aliphatic hydroxyl groups is 1. The number of rotatable bonds is 10. The minimum atomic E-state index is -0.640. The molecule has 0 aliphatic carbocycles. The van der Waals surface area contributed by atoms with Gasteiger partial charge in [0.25, 0.3) is 5.91 Å². The number of aryl methyl sites for hydroxylation is 1. The van der Waals surface area contributed by atoms with Gasteiger partial charge in [-0.3, -0.25) is 9.59 Å². The summed E-state index contributed by atoms with van der Waals surface area (Å²) < 4.78 is 17.7. The number of fused-ring (bicyclic) bond motifs is 2. The summed E-state index contributed by atoms with van der Waals surface area (Å²) in [7, 11) is 0. The lowest BCUT2D eigenvalue weighted by atomic mass is 9.97. The molecular formula is C27H31NO6. The molecule has 0 saturated heterocycles. The molecule has 0 saturated carbocycles. The number of ether oxygens (including phenoxy) is 2. The SMILES string of the molecule is CCCCOc1ccc(C2c3c(oc4ccc(C)cc4c3=O)C(=O)N2CCCO)cc1OCC. The largest absolute Gasteiger partial charge is 0.490 e. The molecule has 0 fully saturated rings. The second-order valence-electron chi connectivity index (χ2n) is 8.49. The highest BCUT2D eigenvalue weighted by Gasteiger charge is 2.42. The molecule has 1 aromatic heterocycles. The lowest BCUT2D eigenvalue weighted by molar-refractivity contribution is 0.0716. The molecule has 1 aliphatic rings. The third kappa shape index (κ3) is 4.40. The molecule has 2 heterocycles. The van der Waals surface area contributed by atoms with Crippen molar-refractivity contribution >= 4 is 16.9 Å². The van der Waals surface area contributed by atoms with Gasteiger partial charge in [-0.1, -0.05) is 31.0 Å². The van der Waals surface area contributed by atoms with Crippen molar-refractivity contribution in [3.8, 4) is 11.5 Å². The number of nitrogens with zero attached hydrogens (tertiary/aromatic N) is 1. The first-order valence-electron chi connectivity index (χ1n) is 11.9. The van der Waals surface area contributed by atoms with E-state index < -0.39 is 6.04 Å². The number of unbranched alkanes of at least 4 members (excludes halogenated alkanes) is 1. The van der Waals surface area contributed by atoms with Crippen LogP contribution in [-0.4, -0.2) is 42.3 Å². The van der Waals surface area contributed by atoms with Crippen LogP contribution in [0.2, 0.25) is 0 Å². The molecule has 34 heavy (non-hydrogen) atoms. The van der Waals surface area contributed by atoms with Gasteiger partial charge in [0.05, 0.1) is 30.2 Å². The molecule has 2 aromatic carbocycles. The number of aliphatic hydroxyl groups excluding tert-OH is 1. The summed E-state index contributed by atoms with van der Waals surface area (Å²) in [4.78, 5) is 28.6. The summed E-state index contributed by atoms with van der Waals surface area (Å²) in [6.07, 6.45) is 2.34. The molecule has 1 amide bonds. The van der Waals surface area contributed by atoms with Crippen molar-refractivity contribution in [3.63, 3.8) is 0 Å². The van der Waals surface area contributed by atoms with Gasteiger partial charge in [-0.05, 0) is 56.5 Å². The summed E-state index contributed by atoms with van der Waals surface area (Å²) in [5.41, 5.74) is 2.16. The standard InChI is InChI=1S/C27H31NO6/c1-4-6-14-33-21-11-9-18(16-22(21)32-5-2)24-23-25(30)19-15-17(3)8-10-20(19)34-26(23)27(31)28(24)12-7-13-29/h8-11,15-16,24,29H,4-7,12-14H2,1-3H3. The van der Waals surface area contributed by atoms with Crippen molar-refractivity contribution < 1.29 is 23.8 Å². The smallest absolute Gasteiger partial charge is 0.290 e. The van der Waals surface area contributed by atoms with Gasteiger partial charge in [0.1, 0.15) is 5.58 Å². The Morgan fingerprint density at radius 2 is 1.85 bits per heavy atom.